The lowest BCUT2D eigenvalue weighted by atomic mass is 9.96. The summed E-state index contributed by atoms with van der Waals surface area (Å²) >= 11 is 3.36. The van der Waals surface area contributed by atoms with Crippen LogP contribution in [0, 0.1) is 6.92 Å². The van der Waals surface area contributed by atoms with E-state index in [0.717, 1.165) is 10.0 Å². The molecule has 0 saturated carbocycles. The lowest BCUT2D eigenvalue weighted by Gasteiger charge is -2.25. The number of aliphatic hydroxyl groups excluding tert-OH is 1. The Morgan fingerprint density at radius 1 is 1.03 bits per heavy atom. The molecule has 5 nitrogen and oxygen atoms in total. The standard InChI is InChI=1S/C23H17BrN2O3/c1-14-3-2-4-18(13-14)26-20(15-9-11-25-12-10-15)19(22(28)23(26)29)21(27)16-5-7-17(24)8-6-16/h2-13,20,27H,1H3/b21-19+. The second-order valence-electron chi connectivity index (χ2n) is 6.80. The van der Waals surface area contributed by atoms with Crippen molar-refractivity contribution < 1.29 is 14.7 Å². The average molecular weight is 449 g/mol. The van der Waals surface area contributed by atoms with Crippen LogP contribution >= 0.6 is 15.9 Å². The highest BCUT2D eigenvalue weighted by Crippen LogP contribution is 2.42. The Morgan fingerprint density at radius 3 is 2.38 bits per heavy atom. The van der Waals surface area contributed by atoms with Crippen LogP contribution < -0.4 is 4.90 Å². The largest absolute Gasteiger partial charge is 0.507 e. The van der Waals surface area contributed by atoms with Crippen LogP contribution in [0.1, 0.15) is 22.7 Å². The van der Waals surface area contributed by atoms with Crippen molar-refractivity contribution in [2.24, 2.45) is 0 Å². The van der Waals surface area contributed by atoms with Gasteiger partial charge in [0, 0.05) is 28.1 Å². The maximum Gasteiger partial charge on any atom is 0.300 e. The predicted octanol–water partition coefficient (Wildman–Crippen LogP) is 4.78. The zero-order valence-corrected chi connectivity index (χ0v) is 17.1. The summed E-state index contributed by atoms with van der Waals surface area (Å²) in [4.78, 5) is 31.5. The molecule has 1 amide bonds. The van der Waals surface area contributed by atoms with Crippen molar-refractivity contribution in [3.63, 3.8) is 0 Å². The van der Waals surface area contributed by atoms with Gasteiger partial charge in [-0.25, -0.2) is 0 Å². The molecular formula is C23H17BrN2O3. The van der Waals surface area contributed by atoms with Crippen molar-refractivity contribution in [2.45, 2.75) is 13.0 Å². The summed E-state index contributed by atoms with van der Waals surface area (Å²) in [5.41, 5.74) is 2.79. The number of rotatable bonds is 3. The van der Waals surface area contributed by atoms with E-state index >= 15 is 0 Å². The molecule has 2 aromatic carbocycles. The number of hydrogen-bond acceptors (Lipinski definition) is 4. The summed E-state index contributed by atoms with van der Waals surface area (Å²) < 4.78 is 0.847. The summed E-state index contributed by atoms with van der Waals surface area (Å²) in [5, 5.41) is 11.0. The van der Waals surface area contributed by atoms with Gasteiger partial charge in [0.1, 0.15) is 5.76 Å². The number of benzene rings is 2. The van der Waals surface area contributed by atoms with Crippen LogP contribution in [0.15, 0.2) is 83.1 Å². The maximum atomic E-state index is 13.0. The van der Waals surface area contributed by atoms with Gasteiger partial charge in [-0.05, 0) is 54.4 Å². The van der Waals surface area contributed by atoms with Gasteiger partial charge in [-0.3, -0.25) is 19.5 Å². The molecule has 29 heavy (non-hydrogen) atoms. The van der Waals surface area contributed by atoms with Gasteiger partial charge in [-0.15, -0.1) is 0 Å². The van der Waals surface area contributed by atoms with Crippen molar-refractivity contribution in [1.29, 1.82) is 0 Å². The molecule has 6 heteroatoms. The summed E-state index contributed by atoms with van der Waals surface area (Å²) in [6, 6.07) is 17.1. The Bertz CT molecular complexity index is 1120. The second kappa shape index (κ2) is 7.64. The lowest BCUT2D eigenvalue weighted by Crippen LogP contribution is -2.29. The number of anilines is 1. The molecule has 0 aliphatic carbocycles. The number of aryl methyl sites for hydroxylation is 1. The quantitative estimate of drug-likeness (QED) is 0.355. The highest BCUT2D eigenvalue weighted by Gasteiger charge is 2.46. The summed E-state index contributed by atoms with van der Waals surface area (Å²) in [6.45, 7) is 1.92. The van der Waals surface area contributed by atoms with Gasteiger partial charge in [0.05, 0.1) is 11.6 Å². The second-order valence-corrected chi connectivity index (χ2v) is 7.71. The normalized spacial score (nSPS) is 18.3. The Labute approximate surface area is 176 Å². The van der Waals surface area contributed by atoms with E-state index in [0.29, 0.717) is 16.8 Å². The van der Waals surface area contributed by atoms with E-state index in [9.17, 15) is 14.7 Å². The molecule has 1 unspecified atom stereocenters. The minimum atomic E-state index is -0.747. The third-order valence-corrected chi connectivity index (χ3v) is 5.39. The molecule has 1 fully saturated rings. The third-order valence-electron chi connectivity index (χ3n) is 4.86. The molecule has 1 N–H and O–H groups in total. The summed E-state index contributed by atoms with van der Waals surface area (Å²) in [7, 11) is 0. The number of carbonyl (C=O) groups is 2. The Morgan fingerprint density at radius 2 is 1.72 bits per heavy atom. The molecule has 1 saturated heterocycles. The molecule has 4 rings (SSSR count). The van der Waals surface area contributed by atoms with Crippen molar-refractivity contribution in [1.82, 2.24) is 4.98 Å². The first-order valence-electron chi connectivity index (χ1n) is 9.01. The fraction of sp³-hybridized carbons (Fsp3) is 0.0870. The van der Waals surface area contributed by atoms with E-state index in [1.807, 2.05) is 25.1 Å². The van der Waals surface area contributed by atoms with Crippen LogP contribution in [-0.2, 0) is 9.59 Å². The predicted molar refractivity (Wildman–Crippen MR) is 114 cm³/mol. The molecule has 1 atom stereocenters. The van der Waals surface area contributed by atoms with Gasteiger partial charge in [-0.2, -0.15) is 0 Å². The molecule has 144 valence electrons. The maximum absolute atomic E-state index is 13.0. The fourth-order valence-corrected chi connectivity index (χ4v) is 3.77. The van der Waals surface area contributed by atoms with Gasteiger partial charge in [-0.1, -0.05) is 40.2 Å². The van der Waals surface area contributed by atoms with Crippen LogP contribution in [0.5, 0.6) is 0 Å². The van der Waals surface area contributed by atoms with Gasteiger partial charge in [0.2, 0.25) is 0 Å². The molecule has 0 bridgehead atoms. The Hall–Kier alpha value is -3.25. The minimum absolute atomic E-state index is 0.0602. The number of nitrogens with zero attached hydrogens (tertiary/aromatic N) is 2. The number of carbonyl (C=O) groups excluding carboxylic acids is 2. The van der Waals surface area contributed by atoms with Crippen LogP contribution in [0.4, 0.5) is 5.69 Å². The first-order valence-corrected chi connectivity index (χ1v) is 9.80. The molecular weight excluding hydrogens is 432 g/mol. The van der Waals surface area contributed by atoms with Crippen LogP contribution in [0.2, 0.25) is 0 Å². The van der Waals surface area contributed by atoms with Gasteiger partial charge in [0.15, 0.2) is 0 Å². The van der Waals surface area contributed by atoms with Crippen LogP contribution in [0.3, 0.4) is 0 Å². The van der Waals surface area contributed by atoms with Gasteiger partial charge >= 0.3 is 0 Å². The summed E-state index contributed by atoms with van der Waals surface area (Å²) in [5.74, 6) is -1.59. The number of halogens is 1. The Balaban J connectivity index is 1.94. The van der Waals surface area contributed by atoms with Crippen LogP contribution in [-0.4, -0.2) is 21.8 Å². The van der Waals surface area contributed by atoms with Crippen molar-refractivity contribution in [3.05, 3.63) is 99.8 Å². The topological polar surface area (TPSA) is 70.5 Å². The SMILES string of the molecule is Cc1cccc(N2C(=O)C(=O)/C(=C(/O)c3ccc(Br)cc3)C2c2ccncc2)c1. The number of pyridine rings is 1. The molecule has 3 aromatic rings. The highest BCUT2D eigenvalue weighted by atomic mass is 79.9. The monoisotopic (exact) mass is 448 g/mol. The van der Waals surface area contributed by atoms with Gasteiger partial charge < -0.3 is 5.11 Å². The van der Waals surface area contributed by atoms with E-state index in [1.165, 1.54) is 4.90 Å². The smallest absolute Gasteiger partial charge is 0.300 e. The number of aromatic nitrogens is 1. The molecule has 0 spiro atoms. The minimum Gasteiger partial charge on any atom is -0.507 e. The number of Topliss-reactive ketones (excluding diaryl/α,β-unsaturated/α-hetero) is 1. The molecule has 1 aliphatic heterocycles. The van der Waals surface area contributed by atoms with E-state index in [2.05, 4.69) is 20.9 Å². The van der Waals surface area contributed by atoms with Crippen LogP contribution in [0.25, 0.3) is 5.76 Å². The molecule has 0 radical (unpaired) electrons. The fourth-order valence-electron chi connectivity index (χ4n) is 3.50. The number of aliphatic hydroxyl groups is 1. The Kier molecular flexibility index (Phi) is 5.03. The van der Waals surface area contributed by atoms with E-state index < -0.39 is 17.7 Å². The molecule has 1 aromatic heterocycles. The highest BCUT2D eigenvalue weighted by molar-refractivity contribution is 9.10. The summed E-state index contributed by atoms with van der Waals surface area (Å²) in [6.07, 6.45) is 3.21. The first kappa shape index (κ1) is 19.1. The van der Waals surface area contributed by atoms with Gasteiger partial charge in [0.25, 0.3) is 11.7 Å². The van der Waals surface area contributed by atoms with E-state index in [4.69, 9.17) is 0 Å². The van der Waals surface area contributed by atoms with Crippen molar-refractivity contribution in [2.75, 3.05) is 4.90 Å². The number of ketones is 1. The van der Waals surface area contributed by atoms with Crippen molar-refractivity contribution >= 4 is 39.1 Å². The lowest BCUT2D eigenvalue weighted by molar-refractivity contribution is -0.132. The third kappa shape index (κ3) is 3.47. The molecule has 1 aliphatic rings. The first-order chi connectivity index (χ1) is 14.0. The average Bonchev–Trinajstić information content (AvgIpc) is 2.99. The number of amides is 1. The van der Waals surface area contributed by atoms with E-state index in [1.54, 1.807) is 54.9 Å². The number of hydrogen-bond donors (Lipinski definition) is 1. The van der Waals surface area contributed by atoms with Crippen molar-refractivity contribution in [3.8, 4) is 0 Å². The zero-order chi connectivity index (χ0) is 20.5. The van der Waals surface area contributed by atoms with E-state index in [-0.39, 0.29) is 11.3 Å². The zero-order valence-electron chi connectivity index (χ0n) is 15.5. The molecule has 2 heterocycles.